The lowest BCUT2D eigenvalue weighted by atomic mass is 9.93. The van der Waals surface area contributed by atoms with Gasteiger partial charge in [0.1, 0.15) is 0 Å². The monoisotopic (exact) mass is 356 g/mol. The second kappa shape index (κ2) is 6.52. The Morgan fingerprint density at radius 1 is 1.48 bits per heavy atom. The third-order valence-electron chi connectivity index (χ3n) is 4.44. The lowest BCUT2D eigenvalue weighted by molar-refractivity contribution is 0.0998. The van der Waals surface area contributed by atoms with Crippen LogP contribution in [-0.4, -0.2) is 17.5 Å². The van der Waals surface area contributed by atoms with Crippen LogP contribution in [0.25, 0.3) is 11.0 Å². The van der Waals surface area contributed by atoms with E-state index in [-0.39, 0.29) is 11.7 Å². The number of benzene rings is 1. The number of anilines is 1. The van der Waals surface area contributed by atoms with Crippen molar-refractivity contribution in [3.8, 4) is 5.75 Å². The topological polar surface area (TPSA) is 64.4 Å². The zero-order valence-corrected chi connectivity index (χ0v) is 15.1. The van der Waals surface area contributed by atoms with Crippen LogP contribution >= 0.6 is 11.3 Å². The van der Waals surface area contributed by atoms with Crippen LogP contribution in [0.1, 0.15) is 41.4 Å². The van der Waals surface area contributed by atoms with E-state index in [0.717, 1.165) is 30.3 Å². The molecule has 1 aromatic carbocycles. The van der Waals surface area contributed by atoms with Crippen LogP contribution in [0.5, 0.6) is 5.75 Å². The molecule has 3 aromatic rings. The van der Waals surface area contributed by atoms with Crippen LogP contribution in [0, 0.1) is 5.92 Å². The molecule has 1 amide bonds. The number of nitrogens with one attached hydrogen (secondary N) is 1. The number of carbonyl (C=O) groups is 1. The fourth-order valence-electron chi connectivity index (χ4n) is 3.17. The number of fused-ring (bicyclic) bond motifs is 2. The first-order valence-corrected chi connectivity index (χ1v) is 9.41. The van der Waals surface area contributed by atoms with Gasteiger partial charge in [-0.05, 0) is 44.2 Å². The lowest BCUT2D eigenvalue weighted by Crippen LogP contribution is -2.11. The molecule has 0 radical (unpaired) electrons. The summed E-state index contributed by atoms with van der Waals surface area (Å²) >= 11 is 1.57. The molecule has 2 heterocycles. The maximum absolute atomic E-state index is 12.6. The van der Waals surface area contributed by atoms with Crippen LogP contribution in [0.4, 0.5) is 5.13 Å². The first-order chi connectivity index (χ1) is 12.1. The summed E-state index contributed by atoms with van der Waals surface area (Å²) in [6.45, 7) is 4.72. The first-order valence-electron chi connectivity index (χ1n) is 8.59. The number of aromatic nitrogens is 1. The number of amides is 1. The summed E-state index contributed by atoms with van der Waals surface area (Å²) < 4.78 is 11.3. The third kappa shape index (κ3) is 3.14. The van der Waals surface area contributed by atoms with Crippen molar-refractivity contribution in [2.24, 2.45) is 5.92 Å². The molecule has 1 atom stereocenters. The predicted octanol–water partition coefficient (Wildman–Crippen LogP) is 4.67. The largest absolute Gasteiger partial charge is 0.490 e. The van der Waals surface area contributed by atoms with E-state index < -0.39 is 0 Å². The number of ether oxygens (including phenoxy) is 1. The average molecular weight is 356 g/mol. The van der Waals surface area contributed by atoms with Crippen molar-refractivity contribution in [2.75, 3.05) is 11.9 Å². The molecule has 6 heteroatoms. The molecular formula is C19H20N2O3S. The summed E-state index contributed by atoms with van der Waals surface area (Å²) in [4.78, 5) is 18.4. The van der Waals surface area contributed by atoms with E-state index in [2.05, 4.69) is 17.2 Å². The molecule has 0 fully saturated rings. The predicted molar refractivity (Wildman–Crippen MR) is 98.6 cm³/mol. The Bertz CT molecular complexity index is 928. The molecule has 25 heavy (non-hydrogen) atoms. The number of para-hydroxylation sites is 1. The number of aryl methyl sites for hydroxylation is 1. The van der Waals surface area contributed by atoms with Gasteiger partial charge in [0.05, 0.1) is 12.3 Å². The summed E-state index contributed by atoms with van der Waals surface area (Å²) in [5, 5.41) is 4.37. The smallest absolute Gasteiger partial charge is 0.293 e. The van der Waals surface area contributed by atoms with Gasteiger partial charge >= 0.3 is 0 Å². The third-order valence-corrected chi connectivity index (χ3v) is 5.47. The highest BCUT2D eigenvalue weighted by atomic mass is 32.1. The molecule has 0 bridgehead atoms. The van der Waals surface area contributed by atoms with Gasteiger partial charge in [0.25, 0.3) is 5.91 Å². The molecule has 130 valence electrons. The van der Waals surface area contributed by atoms with Gasteiger partial charge < -0.3 is 9.15 Å². The van der Waals surface area contributed by atoms with Crippen LogP contribution in [0.3, 0.4) is 0 Å². The van der Waals surface area contributed by atoms with Gasteiger partial charge in [0.15, 0.2) is 22.2 Å². The fraction of sp³-hybridized carbons (Fsp3) is 0.368. The van der Waals surface area contributed by atoms with Crippen molar-refractivity contribution in [2.45, 2.75) is 33.1 Å². The Labute approximate surface area is 150 Å². The van der Waals surface area contributed by atoms with Crippen LogP contribution < -0.4 is 10.1 Å². The summed E-state index contributed by atoms with van der Waals surface area (Å²) in [7, 11) is 0. The van der Waals surface area contributed by atoms with Crippen LogP contribution in [0.15, 0.2) is 28.7 Å². The summed E-state index contributed by atoms with van der Waals surface area (Å²) in [6.07, 6.45) is 3.20. The molecule has 2 aromatic heterocycles. The SMILES string of the molecule is CCOc1cccc2cc(C(=O)Nc3nc4c(s3)CC(C)CC4)oc12. The van der Waals surface area contributed by atoms with Crippen molar-refractivity contribution >= 4 is 33.3 Å². The quantitative estimate of drug-likeness (QED) is 0.738. The second-order valence-corrected chi connectivity index (χ2v) is 7.49. The molecule has 1 unspecified atom stereocenters. The molecule has 1 N–H and O–H groups in total. The number of thiazole rings is 1. The first kappa shape index (κ1) is 16.1. The Kier molecular flexibility index (Phi) is 4.21. The van der Waals surface area contributed by atoms with Crippen molar-refractivity contribution in [1.82, 2.24) is 4.98 Å². The maximum atomic E-state index is 12.6. The van der Waals surface area contributed by atoms with E-state index in [0.29, 0.717) is 29.0 Å². The Balaban J connectivity index is 1.57. The van der Waals surface area contributed by atoms with E-state index >= 15 is 0 Å². The highest BCUT2D eigenvalue weighted by Gasteiger charge is 2.22. The summed E-state index contributed by atoms with van der Waals surface area (Å²) in [5.41, 5.74) is 1.73. The van der Waals surface area contributed by atoms with Gasteiger partial charge in [-0.25, -0.2) is 4.98 Å². The van der Waals surface area contributed by atoms with Gasteiger partial charge in [-0.1, -0.05) is 19.1 Å². The van der Waals surface area contributed by atoms with Gasteiger partial charge in [-0.2, -0.15) is 0 Å². The zero-order valence-electron chi connectivity index (χ0n) is 14.3. The van der Waals surface area contributed by atoms with E-state index in [1.165, 1.54) is 4.88 Å². The lowest BCUT2D eigenvalue weighted by Gasteiger charge is -2.15. The molecule has 1 aliphatic carbocycles. The van der Waals surface area contributed by atoms with E-state index in [1.807, 2.05) is 25.1 Å². The standard InChI is InChI=1S/C19H20N2O3S/c1-3-23-14-6-4-5-12-10-15(24-17(12)14)18(22)21-19-20-13-8-7-11(2)9-16(13)25-19/h4-6,10-11H,3,7-9H2,1-2H3,(H,20,21,22). The van der Waals surface area contributed by atoms with Gasteiger partial charge in [-0.15, -0.1) is 11.3 Å². The number of furan rings is 1. The summed E-state index contributed by atoms with van der Waals surface area (Å²) in [5.74, 6) is 1.32. The molecule has 0 saturated heterocycles. The van der Waals surface area contributed by atoms with Gasteiger partial charge in [-0.3, -0.25) is 10.1 Å². The minimum Gasteiger partial charge on any atom is -0.490 e. The Hall–Kier alpha value is -2.34. The van der Waals surface area contributed by atoms with Crippen molar-refractivity contribution < 1.29 is 13.9 Å². The fourth-order valence-corrected chi connectivity index (χ4v) is 4.34. The van der Waals surface area contributed by atoms with E-state index in [9.17, 15) is 4.79 Å². The highest BCUT2D eigenvalue weighted by molar-refractivity contribution is 7.15. The minimum absolute atomic E-state index is 0.267. The zero-order chi connectivity index (χ0) is 17.4. The number of hydrogen-bond acceptors (Lipinski definition) is 5. The minimum atomic E-state index is -0.280. The highest BCUT2D eigenvalue weighted by Crippen LogP contribution is 2.33. The normalized spacial score (nSPS) is 16.6. The molecule has 1 aliphatic rings. The van der Waals surface area contributed by atoms with Gasteiger partial charge in [0.2, 0.25) is 0 Å². The molecule has 4 rings (SSSR count). The van der Waals surface area contributed by atoms with E-state index in [1.54, 1.807) is 17.4 Å². The molecule has 0 aliphatic heterocycles. The number of rotatable bonds is 4. The number of carbonyl (C=O) groups excluding carboxylic acids is 1. The Morgan fingerprint density at radius 3 is 3.20 bits per heavy atom. The van der Waals surface area contributed by atoms with Crippen molar-refractivity contribution in [3.63, 3.8) is 0 Å². The second-order valence-electron chi connectivity index (χ2n) is 6.41. The summed E-state index contributed by atoms with van der Waals surface area (Å²) in [6, 6.07) is 7.37. The molecular weight excluding hydrogens is 336 g/mol. The molecule has 0 saturated carbocycles. The Morgan fingerprint density at radius 2 is 2.36 bits per heavy atom. The average Bonchev–Trinajstić information content (AvgIpc) is 3.18. The maximum Gasteiger partial charge on any atom is 0.293 e. The van der Waals surface area contributed by atoms with Crippen LogP contribution in [0.2, 0.25) is 0 Å². The van der Waals surface area contributed by atoms with Crippen molar-refractivity contribution in [1.29, 1.82) is 0 Å². The van der Waals surface area contributed by atoms with Crippen LogP contribution in [-0.2, 0) is 12.8 Å². The van der Waals surface area contributed by atoms with Gasteiger partial charge in [0, 0.05) is 10.3 Å². The van der Waals surface area contributed by atoms with E-state index in [4.69, 9.17) is 9.15 Å². The molecule has 0 spiro atoms. The molecule has 5 nitrogen and oxygen atoms in total. The van der Waals surface area contributed by atoms with Crippen molar-refractivity contribution in [3.05, 3.63) is 40.6 Å². The number of nitrogens with zero attached hydrogens (tertiary/aromatic N) is 1. The number of hydrogen-bond donors (Lipinski definition) is 1.